The van der Waals surface area contributed by atoms with Gasteiger partial charge in [0.2, 0.25) is 0 Å². The van der Waals surface area contributed by atoms with Crippen molar-refractivity contribution in [3.05, 3.63) is 0 Å². The smallest absolute Gasteiger partial charge is 0.140 e. The lowest BCUT2D eigenvalue weighted by Gasteiger charge is -2.19. The molecule has 96 valence electrons. The maximum absolute atomic E-state index is 8.46. The molecule has 0 amide bonds. The lowest BCUT2D eigenvalue weighted by molar-refractivity contribution is 0.315. The van der Waals surface area contributed by atoms with E-state index in [-0.39, 0.29) is 11.9 Å². The van der Waals surface area contributed by atoms with Gasteiger partial charge in [-0.3, -0.25) is 0 Å². The third kappa shape index (κ3) is 8.53. The fourth-order valence-corrected chi connectivity index (χ4v) is 1.81. The third-order valence-corrected chi connectivity index (χ3v) is 2.63. The number of hydrogen-bond donors (Lipinski definition) is 3. The Labute approximate surface area is 99.3 Å². The quantitative estimate of drug-likeness (QED) is 0.259. The molecular formula is C12H27N3O. The predicted octanol–water partition coefficient (Wildman–Crippen LogP) is 2.32. The van der Waals surface area contributed by atoms with Crippen LogP contribution < -0.4 is 11.1 Å². The van der Waals surface area contributed by atoms with Crippen LogP contribution >= 0.6 is 0 Å². The van der Waals surface area contributed by atoms with E-state index < -0.39 is 0 Å². The molecule has 0 aromatic carbocycles. The van der Waals surface area contributed by atoms with Crippen molar-refractivity contribution in [2.75, 3.05) is 0 Å². The van der Waals surface area contributed by atoms with Crippen molar-refractivity contribution >= 4 is 5.84 Å². The van der Waals surface area contributed by atoms with Gasteiger partial charge in [-0.2, -0.15) is 0 Å². The van der Waals surface area contributed by atoms with E-state index in [1.807, 2.05) is 0 Å². The molecule has 2 atom stereocenters. The molecule has 0 aromatic rings. The average molecular weight is 229 g/mol. The molecule has 0 radical (unpaired) electrons. The minimum Gasteiger partial charge on any atom is -0.409 e. The summed E-state index contributed by atoms with van der Waals surface area (Å²) >= 11 is 0. The highest BCUT2D eigenvalue weighted by molar-refractivity contribution is 5.80. The number of nitrogens with zero attached hydrogens (tertiary/aromatic N) is 1. The van der Waals surface area contributed by atoms with Crippen molar-refractivity contribution < 1.29 is 5.21 Å². The van der Waals surface area contributed by atoms with Crippen LogP contribution in [0.4, 0.5) is 0 Å². The largest absolute Gasteiger partial charge is 0.409 e. The molecule has 4 heteroatoms. The SMILES string of the molecule is CC(C)CCCC(C)NC(C)CC(N)=NO. The summed E-state index contributed by atoms with van der Waals surface area (Å²) < 4.78 is 0. The van der Waals surface area contributed by atoms with Crippen LogP contribution in [0.15, 0.2) is 5.16 Å². The highest BCUT2D eigenvalue weighted by Crippen LogP contribution is 2.08. The van der Waals surface area contributed by atoms with E-state index in [4.69, 9.17) is 10.9 Å². The summed E-state index contributed by atoms with van der Waals surface area (Å²) in [5.41, 5.74) is 5.45. The zero-order chi connectivity index (χ0) is 12.6. The first-order chi connectivity index (χ1) is 7.45. The molecule has 0 bridgehead atoms. The maximum Gasteiger partial charge on any atom is 0.140 e. The molecule has 4 N–H and O–H groups in total. The van der Waals surface area contributed by atoms with Crippen LogP contribution in [0, 0.1) is 5.92 Å². The van der Waals surface area contributed by atoms with Gasteiger partial charge in [0.15, 0.2) is 0 Å². The molecule has 0 fully saturated rings. The van der Waals surface area contributed by atoms with Crippen molar-refractivity contribution in [3.8, 4) is 0 Å². The van der Waals surface area contributed by atoms with E-state index in [1.165, 1.54) is 19.3 Å². The maximum atomic E-state index is 8.46. The summed E-state index contributed by atoms with van der Waals surface area (Å²) in [5.74, 6) is 1.07. The first-order valence-electron chi connectivity index (χ1n) is 6.18. The molecule has 0 aliphatic rings. The highest BCUT2D eigenvalue weighted by atomic mass is 16.4. The van der Waals surface area contributed by atoms with Crippen LogP contribution in [0.3, 0.4) is 0 Å². The van der Waals surface area contributed by atoms with Gasteiger partial charge in [-0.25, -0.2) is 0 Å². The first kappa shape index (κ1) is 15.2. The Hall–Kier alpha value is -0.770. The van der Waals surface area contributed by atoms with E-state index in [1.54, 1.807) is 0 Å². The molecule has 0 aromatic heterocycles. The van der Waals surface area contributed by atoms with Gasteiger partial charge in [0, 0.05) is 18.5 Å². The monoisotopic (exact) mass is 229 g/mol. The second-order valence-electron chi connectivity index (χ2n) is 5.09. The van der Waals surface area contributed by atoms with Gasteiger partial charge in [0.25, 0.3) is 0 Å². The summed E-state index contributed by atoms with van der Waals surface area (Å²) in [6.07, 6.45) is 4.30. The number of amidine groups is 1. The Morgan fingerprint density at radius 3 is 2.31 bits per heavy atom. The minimum atomic E-state index is 0.255. The van der Waals surface area contributed by atoms with Gasteiger partial charge >= 0.3 is 0 Å². The molecule has 0 aliphatic carbocycles. The second-order valence-corrected chi connectivity index (χ2v) is 5.09. The van der Waals surface area contributed by atoms with Crippen LogP contribution in [0.25, 0.3) is 0 Å². The molecule has 0 aliphatic heterocycles. The second kappa shape index (κ2) is 8.39. The predicted molar refractivity (Wildman–Crippen MR) is 68.8 cm³/mol. The summed E-state index contributed by atoms with van der Waals surface area (Å²) in [6, 6.07) is 0.741. The fraction of sp³-hybridized carbons (Fsp3) is 0.917. The van der Waals surface area contributed by atoms with Gasteiger partial charge in [0.1, 0.15) is 5.84 Å². The van der Waals surface area contributed by atoms with E-state index in [0.717, 1.165) is 5.92 Å². The van der Waals surface area contributed by atoms with Crippen LogP contribution in [0.5, 0.6) is 0 Å². The normalized spacial score (nSPS) is 16.4. The lowest BCUT2D eigenvalue weighted by atomic mass is 10.0. The average Bonchev–Trinajstić information content (AvgIpc) is 2.16. The van der Waals surface area contributed by atoms with Crippen molar-refractivity contribution in [2.24, 2.45) is 16.8 Å². The van der Waals surface area contributed by atoms with Crippen molar-refractivity contribution in [2.45, 2.75) is 65.5 Å². The number of hydrogen-bond acceptors (Lipinski definition) is 3. The molecule has 0 heterocycles. The van der Waals surface area contributed by atoms with Gasteiger partial charge in [-0.05, 0) is 26.2 Å². The Kier molecular flexibility index (Phi) is 7.99. The molecule has 2 unspecified atom stereocenters. The number of nitrogens with two attached hydrogens (primary N) is 1. The van der Waals surface area contributed by atoms with Crippen LogP contribution in [-0.2, 0) is 0 Å². The van der Waals surface area contributed by atoms with E-state index in [0.29, 0.717) is 12.5 Å². The zero-order valence-corrected chi connectivity index (χ0v) is 11.0. The molecule has 0 saturated heterocycles. The summed E-state index contributed by atoms with van der Waals surface area (Å²) in [7, 11) is 0. The minimum absolute atomic E-state index is 0.255. The van der Waals surface area contributed by atoms with Gasteiger partial charge < -0.3 is 16.3 Å². The highest BCUT2D eigenvalue weighted by Gasteiger charge is 2.09. The van der Waals surface area contributed by atoms with E-state index in [9.17, 15) is 0 Å². The summed E-state index contributed by atoms with van der Waals surface area (Å²) in [5, 5.41) is 14.9. The molecule has 0 spiro atoms. The topological polar surface area (TPSA) is 70.6 Å². The van der Waals surface area contributed by atoms with Crippen molar-refractivity contribution in [1.29, 1.82) is 0 Å². The fourth-order valence-electron chi connectivity index (χ4n) is 1.81. The van der Waals surface area contributed by atoms with Crippen molar-refractivity contribution in [3.63, 3.8) is 0 Å². The van der Waals surface area contributed by atoms with Crippen LogP contribution in [-0.4, -0.2) is 23.1 Å². The van der Waals surface area contributed by atoms with Gasteiger partial charge in [0.05, 0.1) is 0 Å². The summed E-state index contributed by atoms with van der Waals surface area (Å²) in [6.45, 7) is 8.73. The van der Waals surface area contributed by atoms with E-state index >= 15 is 0 Å². The first-order valence-corrected chi connectivity index (χ1v) is 6.18. The Morgan fingerprint density at radius 2 is 1.81 bits per heavy atom. The number of oxime groups is 1. The molecule has 4 nitrogen and oxygen atoms in total. The van der Waals surface area contributed by atoms with Crippen molar-refractivity contribution in [1.82, 2.24) is 5.32 Å². The Bertz CT molecular complexity index is 204. The molecular weight excluding hydrogens is 202 g/mol. The van der Waals surface area contributed by atoms with E-state index in [2.05, 4.69) is 38.2 Å². The summed E-state index contributed by atoms with van der Waals surface area (Å²) in [4.78, 5) is 0. The number of rotatable bonds is 8. The zero-order valence-electron chi connectivity index (χ0n) is 11.0. The van der Waals surface area contributed by atoms with Gasteiger partial charge in [-0.15, -0.1) is 0 Å². The third-order valence-electron chi connectivity index (χ3n) is 2.63. The molecule has 0 saturated carbocycles. The lowest BCUT2D eigenvalue weighted by Crippen LogP contribution is -2.37. The Morgan fingerprint density at radius 1 is 1.19 bits per heavy atom. The standard InChI is InChI=1S/C12H27N3O/c1-9(2)6-5-7-10(3)14-11(4)8-12(13)15-16/h9-11,14,16H,5-8H2,1-4H3,(H2,13,15). The molecule has 16 heavy (non-hydrogen) atoms. The van der Waals surface area contributed by atoms with Crippen LogP contribution in [0.2, 0.25) is 0 Å². The van der Waals surface area contributed by atoms with Gasteiger partial charge in [-0.1, -0.05) is 31.8 Å². The number of nitrogens with one attached hydrogen (secondary N) is 1. The van der Waals surface area contributed by atoms with Crippen LogP contribution in [0.1, 0.15) is 53.4 Å². The Balaban J connectivity index is 3.65. The molecule has 0 rings (SSSR count).